The van der Waals surface area contributed by atoms with Crippen molar-refractivity contribution in [2.24, 2.45) is 0 Å². The maximum Gasteiger partial charge on any atom is 0.142 e. The molecule has 2 nitrogen and oxygen atoms in total. The molecule has 0 bridgehead atoms. The van der Waals surface area contributed by atoms with Crippen LogP contribution >= 0.6 is 11.6 Å². The molecule has 0 spiro atoms. The maximum absolute atomic E-state index is 5.82. The zero-order valence-corrected chi connectivity index (χ0v) is 10.5. The number of nitrogens with zero attached hydrogens (tertiary/aromatic N) is 1. The van der Waals surface area contributed by atoms with Gasteiger partial charge in [0.05, 0.1) is 18.8 Å². The predicted molar refractivity (Wildman–Crippen MR) is 66.2 cm³/mol. The molecular formula is C12H18ClNO. The number of rotatable bonds is 4. The van der Waals surface area contributed by atoms with E-state index in [9.17, 15) is 0 Å². The van der Waals surface area contributed by atoms with Crippen molar-refractivity contribution < 1.29 is 4.74 Å². The first-order chi connectivity index (χ1) is 7.10. The Hall–Kier alpha value is -0.890. The van der Waals surface area contributed by atoms with Crippen LogP contribution in [0.15, 0.2) is 18.2 Å². The topological polar surface area (TPSA) is 12.5 Å². The first-order valence-electron chi connectivity index (χ1n) is 5.05. The van der Waals surface area contributed by atoms with Crippen LogP contribution in [0, 0.1) is 0 Å². The van der Waals surface area contributed by atoms with Crippen molar-refractivity contribution in [1.29, 1.82) is 0 Å². The summed E-state index contributed by atoms with van der Waals surface area (Å²) >= 11 is 5.82. The molecule has 0 saturated carbocycles. The van der Waals surface area contributed by atoms with E-state index in [1.54, 1.807) is 7.11 Å². The first-order valence-corrected chi connectivity index (χ1v) is 5.58. The van der Waals surface area contributed by atoms with Gasteiger partial charge in [-0.25, -0.2) is 0 Å². The molecule has 3 heteroatoms. The van der Waals surface area contributed by atoms with Gasteiger partial charge in [0.2, 0.25) is 0 Å². The van der Waals surface area contributed by atoms with Gasteiger partial charge in [-0.05, 0) is 23.6 Å². The standard InChI is InChI=1S/C12H18ClNO/c1-9(2)10-5-6-12(15-4)11(7-10)14(3)8-13/h5-7,9H,8H2,1-4H3. The Kier molecular flexibility index (Phi) is 4.28. The third kappa shape index (κ3) is 2.78. The smallest absolute Gasteiger partial charge is 0.142 e. The molecule has 0 radical (unpaired) electrons. The van der Waals surface area contributed by atoms with Gasteiger partial charge in [-0.15, -0.1) is 11.6 Å². The van der Waals surface area contributed by atoms with Gasteiger partial charge < -0.3 is 9.64 Å². The van der Waals surface area contributed by atoms with E-state index in [2.05, 4.69) is 26.0 Å². The highest BCUT2D eigenvalue weighted by Gasteiger charge is 2.09. The van der Waals surface area contributed by atoms with Crippen molar-refractivity contribution in [2.75, 3.05) is 25.1 Å². The average molecular weight is 228 g/mol. The molecule has 84 valence electrons. The van der Waals surface area contributed by atoms with Gasteiger partial charge in [0, 0.05) is 7.05 Å². The van der Waals surface area contributed by atoms with E-state index in [1.807, 2.05) is 18.0 Å². The van der Waals surface area contributed by atoms with Crippen LogP contribution in [0.25, 0.3) is 0 Å². The SMILES string of the molecule is COc1ccc(C(C)C)cc1N(C)CCl. The van der Waals surface area contributed by atoms with Gasteiger partial charge in [-0.1, -0.05) is 19.9 Å². The van der Waals surface area contributed by atoms with E-state index in [-0.39, 0.29) is 0 Å². The van der Waals surface area contributed by atoms with E-state index in [1.165, 1.54) is 5.56 Å². The quantitative estimate of drug-likeness (QED) is 0.577. The summed E-state index contributed by atoms with van der Waals surface area (Å²) < 4.78 is 5.30. The van der Waals surface area contributed by atoms with E-state index in [0.29, 0.717) is 11.9 Å². The molecule has 1 aromatic carbocycles. The Morgan fingerprint density at radius 1 is 1.40 bits per heavy atom. The summed E-state index contributed by atoms with van der Waals surface area (Å²) in [5, 5.41) is 0. The summed E-state index contributed by atoms with van der Waals surface area (Å²) in [6.07, 6.45) is 0. The van der Waals surface area contributed by atoms with Crippen LogP contribution in [0.2, 0.25) is 0 Å². The lowest BCUT2D eigenvalue weighted by molar-refractivity contribution is 0.415. The highest BCUT2D eigenvalue weighted by Crippen LogP contribution is 2.31. The van der Waals surface area contributed by atoms with Crippen molar-refractivity contribution in [1.82, 2.24) is 0 Å². The van der Waals surface area contributed by atoms with E-state index in [0.717, 1.165) is 11.4 Å². The third-order valence-electron chi connectivity index (χ3n) is 2.46. The minimum atomic E-state index is 0.456. The summed E-state index contributed by atoms with van der Waals surface area (Å²) in [5.41, 5.74) is 2.33. The van der Waals surface area contributed by atoms with Gasteiger partial charge in [-0.2, -0.15) is 0 Å². The molecule has 0 heterocycles. The molecule has 0 atom stereocenters. The lowest BCUT2D eigenvalue weighted by atomic mass is 10.0. The molecule has 0 unspecified atom stereocenters. The summed E-state index contributed by atoms with van der Waals surface area (Å²) in [5.74, 6) is 1.38. The summed E-state index contributed by atoms with van der Waals surface area (Å²) in [7, 11) is 3.63. The zero-order chi connectivity index (χ0) is 11.4. The second-order valence-electron chi connectivity index (χ2n) is 3.90. The van der Waals surface area contributed by atoms with Crippen LogP contribution in [0.3, 0.4) is 0 Å². The summed E-state index contributed by atoms with van der Waals surface area (Å²) in [4.78, 5) is 1.96. The molecule has 0 aliphatic rings. The fourth-order valence-corrected chi connectivity index (χ4v) is 1.56. The van der Waals surface area contributed by atoms with Gasteiger partial charge >= 0.3 is 0 Å². The predicted octanol–water partition coefficient (Wildman–Crippen LogP) is 3.45. The minimum absolute atomic E-state index is 0.456. The Morgan fingerprint density at radius 2 is 2.07 bits per heavy atom. The van der Waals surface area contributed by atoms with E-state index >= 15 is 0 Å². The molecule has 0 fully saturated rings. The largest absolute Gasteiger partial charge is 0.495 e. The zero-order valence-electron chi connectivity index (χ0n) is 9.75. The molecule has 0 saturated heterocycles. The van der Waals surface area contributed by atoms with Crippen LogP contribution in [0.4, 0.5) is 5.69 Å². The maximum atomic E-state index is 5.82. The number of hydrogen-bond acceptors (Lipinski definition) is 2. The number of hydrogen-bond donors (Lipinski definition) is 0. The number of methoxy groups -OCH3 is 1. The second kappa shape index (κ2) is 5.26. The number of benzene rings is 1. The number of ether oxygens (including phenoxy) is 1. The molecule has 0 amide bonds. The highest BCUT2D eigenvalue weighted by atomic mass is 35.5. The van der Waals surface area contributed by atoms with Crippen LogP contribution in [-0.2, 0) is 0 Å². The lowest BCUT2D eigenvalue weighted by Crippen LogP contribution is -2.15. The highest BCUT2D eigenvalue weighted by molar-refractivity contribution is 6.19. The van der Waals surface area contributed by atoms with Crippen LogP contribution in [0.1, 0.15) is 25.3 Å². The molecule has 0 aromatic heterocycles. The fourth-order valence-electron chi connectivity index (χ4n) is 1.43. The van der Waals surface area contributed by atoms with Gasteiger partial charge in [0.1, 0.15) is 5.75 Å². The van der Waals surface area contributed by atoms with Gasteiger partial charge in [0.15, 0.2) is 0 Å². The molecule has 0 aliphatic carbocycles. The number of halogens is 1. The van der Waals surface area contributed by atoms with Gasteiger partial charge in [-0.3, -0.25) is 0 Å². The number of alkyl halides is 1. The molecule has 1 rings (SSSR count). The van der Waals surface area contributed by atoms with Crippen molar-refractivity contribution in [3.05, 3.63) is 23.8 Å². The summed E-state index contributed by atoms with van der Waals surface area (Å²) in [6, 6.07) is 6.67. The van der Waals surface area contributed by atoms with Crippen molar-refractivity contribution >= 4 is 17.3 Å². The van der Waals surface area contributed by atoms with Crippen LogP contribution < -0.4 is 9.64 Å². The van der Waals surface area contributed by atoms with E-state index < -0.39 is 0 Å². The van der Waals surface area contributed by atoms with Crippen LogP contribution in [-0.4, -0.2) is 20.2 Å². The first kappa shape index (κ1) is 12.2. The molecule has 0 N–H and O–H groups in total. The monoisotopic (exact) mass is 227 g/mol. The molecule has 15 heavy (non-hydrogen) atoms. The normalized spacial score (nSPS) is 10.5. The Labute approximate surface area is 96.8 Å². The third-order valence-corrected chi connectivity index (χ3v) is 2.82. The fraction of sp³-hybridized carbons (Fsp3) is 0.500. The minimum Gasteiger partial charge on any atom is -0.495 e. The second-order valence-corrected chi connectivity index (χ2v) is 4.14. The Morgan fingerprint density at radius 3 is 2.53 bits per heavy atom. The molecule has 1 aromatic rings. The van der Waals surface area contributed by atoms with Crippen molar-refractivity contribution in [3.8, 4) is 5.75 Å². The van der Waals surface area contributed by atoms with E-state index in [4.69, 9.17) is 16.3 Å². The van der Waals surface area contributed by atoms with Crippen molar-refractivity contribution in [2.45, 2.75) is 19.8 Å². The van der Waals surface area contributed by atoms with Gasteiger partial charge in [0.25, 0.3) is 0 Å². The van der Waals surface area contributed by atoms with Crippen LogP contribution in [0.5, 0.6) is 5.75 Å². The Balaban J connectivity index is 3.13. The molecule has 0 aliphatic heterocycles. The molecular weight excluding hydrogens is 210 g/mol. The Bertz CT molecular complexity index is 325. The number of anilines is 1. The van der Waals surface area contributed by atoms with Crippen molar-refractivity contribution in [3.63, 3.8) is 0 Å². The summed E-state index contributed by atoms with van der Waals surface area (Å²) in [6.45, 7) is 4.35. The average Bonchev–Trinajstić information content (AvgIpc) is 2.27. The lowest BCUT2D eigenvalue weighted by Gasteiger charge is -2.20.